The number of aliphatic hydroxyl groups excluding tert-OH is 1. The van der Waals surface area contributed by atoms with Crippen molar-refractivity contribution in [3.63, 3.8) is 0 Å². The molecule has 1 aromatic carbocycles. The third-order valence-electron chi connectivity index (χ3n) is 2.79. The molecule has 0 fully saturated rings. The number of halogens is 1. The molecule has 0 aromatic heterocycles. The molecule has 0 saturated carbocycles. The van der Waals surface area contributed by atoms with E-state index in [0.717, 1.165) is 23.9 Å². The van der Waals surface area contributed by atoms with E-state index in [4.69, 9.17) is 5.11 Å². The Kier molecular flexibility index (Phi) is 7.16. The molecule has 0 heterocycles. The first kappa shape index (κ1) is 15.3. The lowest BCUT2D eigenvalue weighted by Gasteiger charge is -2.20. The van der Waals surface area contributed by atoms with Gasteiger partial charge in [0.25, 0.3) is 0 Å². The molecular weight excluding hydrogens is 294 g/mol. The normalized spacial score (nSPS) is 10.9. The number of hydrogen-bond acceptors (Lipinski definition) is 3. The first-order chi connectivity index (χ1) is 8.69. The fourth-order valence-electron chi connectivity index (χ4n) is 1.77. The fourth-order valence-corrected chi connectivity index (χ4v) is 2.27. The summed E-state index contributed by atoms with van der Waals surface area (Å²) in [5, 5.41) is 9.01. The number of aliphatic hydroxyl groups is 1. The first-order valence-corrected chi connectivity index (χ1v) is 7.09. The van der Waals surface area contributed by atoms with Gasteiger partial charge in [-0.3, -0.25) is 9.69 Å². The third-order valence-corrected chi connectivity index (χ3v) is 3.48. The van der Waals surface area contributed by atoms with Crippen molar-refractivity contribution in [1.29, 1.82) is 0 Å². The van der Waals surface area contributed by atoms with Crippen LogP contribution in [-0.4, -0.2) is 42.0 Å². The molecule has 1 N–H and O–H groups in total. The van der Waals surface area contributed by atoms with Gasteiger partial charge in [-0.1, -0.05) is 47.5 Å². The van der Waals surface area contributed by atoms with Gasteiger partial charge in [0.15, 0.2) is 5.78 Å². The van der Waals surface area contributed by atoms with Crippen LogP contribution < -0.4 is 0 Å². The van der Waals surface area contributed by atoms with E-state index in [0.29, 0.717) is 18.7 Å². The molecule has 0 bridgehead atoms. The molecule has 18 heavy (non-hydrogen) atoms. The van der Waals surface area contributed by atoms with Crippen molar-refractivity contribution in [2.75, 3.05) is 26.2 Å². The van der Waals surface area contributed by atoms with Crippen LogP contribution in [-0.2, 0) is 0 Å². The molecule has 0 atom stereocenters. The van der Waals surface area contributed by atoms with Gasteiger partial charge in [0.2, 0.25) is 0 Å². The number of unbranched alkanes of at least 4 members (excludes halogenated alkanes) is 1. The van der Waals surface area contributed by atoms with Crippen molar-refractivity contribution in [3.8, 4) is 0 Å². The van der Waals surface area contributed by atoms with Crippen LogP contribution in [0.4, 0.5) is 0 Å². The summed E-state index contributed by atoms with van der Waals surface area (Å²) in [4.78, 5) is 14.2. The van der Waals surface area contributed by atoms with Gasteiger partial charge in [0, 0.05) is 16.6 Å². The standard InChI is InChI=1S/C14H20BrNO2/c1-2-3-8-16(9-10-17)11-14(18)12-6-4-5-7-13(12)15/h4-7,17H,2-3,8-11H2,1H3. The van der Waals surface area contributed by atoms with Crippen LogP contribution >= 0.6 is 15.9 Å². The quantitative estimate of drug-likeness (QED) is 0.750. The predicted octanol–water partition coefficient (Wildman–Crippen LogP) is 2.73. The van der Waals surface area contributed by atoms with Crippen LogP contribution in [0.5, 0.6) is 0 Å². The van der Waals surface area contributed by atoms with Crippen molar-refractivity contribution in [2.45, 2.75) is 19.8 Å². The molecule has 0 spiro atoms. The van der Waals surface area contributed by atoms with E-state index in [9.17, 15) is 4.79 Å². The number of carbonyl (C=O) groups is 1. The number of nitrogens with zero attached hydrogens (tertiary/aromatic N) is 1. The Morgan fingerprint density at radius 3 is 2.67 bits per heavy atom. The maximum absolute atomic E-state index is 12.2. The minimum absolute atomic E-state index is 0.0898. The van der Waals surface area contributed by atoms with Crippen molar-refractivity contribution in [1.82, 2.24) is 4.90 Å². The molecule has 0 unspecified atom stereocenters. The Morgan fingerprint density at radius 2 is 2.06 bits per heavy atom. The molecule has 1 aromatic rings. The van der Waals surface area contributed by atoms with Gasteiger partial charge < -0.3 is 5.11 Å². The van der Waals surface area contributed by atoms with E-state index >= 15 is 0 Å². The second-order valence-electron chi connectivity index (χ2n) is 4.26. The van der Waals surface area contributed by atoms with Crippen molar-refractivity contribution >= 4 is 21.7 Å². The topological polar surface area (TPSA) is 40.5 Å². The number of rotatable bonds is 8. The van der Waals surface area contributed by atoms with Gasteiger partial charge in [-0.05, 0) is 19.0 Å². The van der Waals surface area contributed by atoms with E-state index in [1.165, 1.54) is 0 Å². The summed E-state index contributed by atoms with van der Waals surface area (Å²) in [5.74, 6) is 0.0898. The van der Waals surface area contributed by atoms with E-state index < -0.39 is 0 Å². The predicted molar refractivity (Wildman–Crippen MR) is 76.9 cm³/mol. The van der Waals surface area contributed by atoms with Crippen LogP contribution in [0, 0.1) is 0 Å². The largest absolute Gasteiger partial charge is 0.395 e. The number of carbonyl (C=O) groups excluding carboxylic acids is 1. The summed E-state index contributed by atoms with van der Waals surface area (Å²) in [6.07, 6.45) is 2.13. The molecule has 1 rings (SSSR count). The number of benzene rings is 1. The molecule has 0 saturated heterocycles. The molecule has 0 aliphatic carbocycles. The smallest absolute Gasteiger partial charge is 0.177 e. The van der Waals surface area contributed by atoms with E-state index in [1.54, 1.807) is 0 Å². The van der Waals surface area contributed by atoms with Crippen LogP contribution in [0.2, 0.25) is 0 Å². The monoisotopic (exact) mass is 313 g/mol. The highest BCUT2D eigenvalue weighted by Gasteiger charge is 2.13. The zero-order valence-corrected chi connectivity index (χ0v) is 12.3. The van der Waals surface area contributed by atoms with Gasteiger partial charge in [-0.25, -0.2) is 0 Å². The lowest BCUT2D eigenvalue weighted by atomic mass is 10.1. The van der Waals surface area contributed by atoms with Crippen LogP contribution in [0.1, 0.15) is 30.1 Å². The number of ketones is 1. The molecule has 0 radical (unpaired) electrons. The highest BCUT2D eigenvalue weighted by molar-refractivity contribution is 9.10. The molecular formula is C14H20BrNO2. The SMILES string of the molecule is CCCCN(CCO)CC(=O)c1ccccc1Br. The zero-order valence-electron chi connectivity index (χ0n) is 10.7. The van der Waals surface area contributed by atoms with E-state index in [-0.39, 0.29) is 12.4 Å². The average Bonchev–Trinajstić information content (AvgIpc) is 2.36. The minimum Gasteiger partial charge on any atom is -0.395 e. The number of Topliss-reactive ketones (excluding diaryl/α,β-unsaturated/α-hetero) is 1. The fraction of sp³-hybridized carbons (Fsp3) is 0.500. The van der Waals surface area contributed by atoms with Crippen molar-refractivity contribution < 1.29 is 9.90 Å². The molecule has 0 aliphatic heterocycles. The van der Waals surface area contributed by atoms with Gasteiger partial charge in [0.1, 0.15) is 0 Å². The number of hydrogen-bond donors (Lipinski definition) is 1. The van der Waals surface area contributed by atoms with Crippen LogP contribution in [0.25, 0.3) is 0 Å². The summed E-state index contributed by atoms with van der Waals surface area (Å²) in [6, 6.07) is 7.45. The summed E-state index contributed by atoms with van der Waals surface area (Å²) < 4.78 is 0.828. The Balaban J connectivity index is 2.63. The van der Waals surface area contributed by atoms with Crippen molar-refractivity contribution in [3.05, 3.63) is 34.3 Å². The Bertz CT molecular complexity index is 382. The highest BCUT2D eigenvalue weighted by Crippen LogP contribution is 2.16. The third kappa shape index (κ3) is 4.88. The van der Waals surface area contributed by atoms with Gasteiger partial charge in [-0.15, -0.1) is 0 Å². The van der Waals surface area contributed by atoms with Crippen LogP contribution in [0.3, 0.4) is 0 Å². The zero-order chi connectivity index (χ0) is 13.4. The van der Waals surface area contributed by atoms with E-state index in [2.05, 4.69) is 22.9 Å². The maximum atomic E-state index is 12.2. The Morgan fingerprint density at radius 1 is 1.33 bits per heavy atom. The summed E-state index contributed by atoms with van der Waals surface area (Å²) >= 11 is 3.39. The maximum Gasteiger partial charge on any atom is 0.177 e. The Hall–Kier alpha value is -0.710. The highest BCUT2D eigenvalue weighted by atomic mass is 79.9. The summed E-state index contributed by atoms with van der Waals surface area (Å²) in [7, 11) is 0. The van der Waals surface area contributed by atoms with E-state index in [1.807, 2.05) is 29.2 Å². The lowest BCUT2D eigenvalue weighted by Crippen LogP contribution is -2.33. The molecule has 0 amide bonds. The average molecular weight is 314 g/mol. The van der Waals surface area contributed by atoms with Crippen molar-refractivity contribution in [2.24, 2.45) is 0 Å². The van der Waals surface area contributed by atoms with Gasteiger partial charge in [-0.2, -0.15) is 0 Å². The first-order valence-electron chi connectivity index (χ1n) is 6.30. The summed E-state index contributed by atoms with van der Waals surface area (Å²) in [6.45, 7) is 3.98. The second kappa shape index (κ2) is 8.40. The molecule has 3 nitrogen and oxygen atoms in total. The van der Waals surface area contributed by atoms with Gasteiger partial charge >= 0.3 is 0 Å². The summed E-state index contributed by atoms with van der Waals surface area (Å²) in [5.41, 5.74) is 0.705. The minimum atomic E-state index is 0.0898. The molecule has 0 aliphatic rings. The Labute approximate surface area is 117 Å². The van der Waals surface area contributed by atoms with Crippen LogP contribution in [0.15, 0.2) is 28.7 Å². The molecule has 4 heteroatoms. The second-order valence-corrected chi connectivity index (χ2v) is 5.11. The lowest BCUT2D eigenvalue weighted by molar-refractivity contribution is 0.0912. The van der Waals surface area contributed by atoms with Gasteiger partial charge in [0.05, 0.1) is 13.2 Å². The molecule has 100 valence electrons.